The van der Waals surface area contributed by atoms with Crippen molar-refractivity contribution in [3.63, 3.8) is 0 Å². The molecule has 0 saturated carbocycles. The number of hydrazine groups is 1. The Morgan fingerprint density at radius 1 is 1.09 bits per heavy atom. The largest absolute Gasteiger partial charge is 0.331 e. The van der Waals surface area contributed by atoms with E-state index in [1.807, 2.05) is 42.5 Å². The lowest BCUT2D eigenvalue weighted by Gasteiger charge is -2.30. The van der Waals surface area contributed by atoms with Crippen LogP contribution >= 0.6 is 23.8 Å². The van der Waals surface area contributed by atoms with Crippen molar-refractivity contribution in [2.24, 2.45) is 0 Å². The molecule has 22 heavy (non-hydrogen) atoms. The molecule has 112 valence electrons. The van der Waals surface area contributed by atoms with Gasteiger partial charge in [-0.2, -0.15) is 0 Å². The summed E-state index contributed by atoms with van der Waals surface area (Å²) < 4.78 is 0. The molecule has 1 N–H and O–H groups in total. The number of anilines is 2. The Bertz CT molecular complexity index is 690. The molecule has 1 amide bonds. The molecule has 1 heterocycles. The molecule has 0 atom stereocenters. The Labute approximate surface area is 139 Å². The smallest absolute Gasteiger partial charge is 0.247 e. The maximum atomic E-state index is 12.2. The van der Waals surface area contributed by atoms with E-state index in [9.17, 15) is 4.79 Å². The molecule has 0 unspecified atom stereocenters. The summed E-state index contributed by atoms with van der Waals surface area (Å²) in [5.41, 5.74) is 1.65. The Hall–Kier alpha value is -2.11. The number of carbonyl (C=O) groups is 1. The number of thiocarbonyl (C=S) groups is 1. The van der Waals surface area contributed by atoms with E-state index in [1.165, 1.54) is 0 Å². The van der Waals surface area contributed by atoms with E-state index < -0.39 is 0 Å². The second-order valence-corrected chi connectivity index (χ2v) is 5.67. The Kier molecular flexibility index (Phi) is 4.27. The summed E-state index contributed by atoms with van der Waals surface area (Å²) in [6, 6.07) is 16.8. The third-order valence-corrected chi connectivity index (χ3v) is 3.91. The van der Waals surface area contributed by atoms with Gasteiger partial charge >= 0.3 is 0 Å². The summed E-state index contributed by atoms with van der Waals surface area (Å²) in [5, 5.41) is 7.68. The van der Waals surface area contributed by atoms with Crippen LogP contribution in [0.2, 0.25) is 5.02 Å². The lowest BCUT2D eigenvalue weighted by molar-refractivity contribution is -0.117. The first-order valence-electron chi connectivity index (χ1n) is 6.87. The summed E-state index contributed by atoms with van der Waals surface area (Å²) in [6.45, 7) is 0.563. The van der Waals surface area contributed by atoms with E-state index >= 15 is 0 Å². The molecule has 1 saturated heterocycles. The fourth-order valence-electron chi connectivity index (χ4n) is 2.31. The number of para-hydroxylation sites is 1. The number of hydrogen-bond acceptors (Lipinski definition) is 2. The van der Waals surface area contributed by atoms with Gasteiger partial charge < -0.3 is 5.32 Å². The van der Waals surface area contributed by atoms with Gasteiger partial charge in [0.25, 0.3) is 0 Å². The van der Waals surface area contributed by atoms with Crippen LogP contribution in [0.3, 0.4) is 0 Å². The van der Waals surface area contributed by atoms with Gasteiger partial charge in [-0.05, 0) is 48.6 Å². The van der Waals surface area contributed by atoms with Crippen molar-refractivity contribution < 1.29 is 4.79 Å². The van der Waals surface area contributed by atoms with Crippen LogP contribution < -0.4 is 10.3 Å². The molecule has 6 heteroatoms. The van der Waals surface area contributed by atoms with Crippen LogP contribution in [0.25, 0.3) is 0 Å². The SMILES string of the molecule is O=C1CCN(C(=S)Nc2ccc(Cl)cc2)N1c1ccccc1. The second-order valence-electron chi connectivity index (χ2n) is 4.85. The van der Waals surface area contributed by atoms with Crippen LogP contribution in [0.4, 0.5) is 11.4 Å². The number of halogens is 1. The van der Waals surface area contributed by atoms with Crippen molar-refractivity contribution in [3.8, 4) is 0 Å². The molecule has 0 aliphatic carbocycles. The number of carbonyl (C=O) groups excluding carboxylic acids is 1. The van der Waals surface area contributed by atoms with Gasteiger partial charge in [0.15, 0.2) is 5.11 Å². The van der Waals surface area contributed by atoms with E-state index in [1.54, 1.807) is 22.2 Å². The van der Waals surface area contributed by atoms with Gasteiger partial charge in [-0.3, -0.25) is 9.80 Å². The van der Waals surface area contributed by atoms with Gasteiger partial charge in [0.05, 0.1) is 12.2 Å². The molecule has 0 spiro atoms. The number of benzene rings is 2. The monoisotopic (exact) mass is 331 g/mol. The summed E-state index contributed by atoms with van der Waals surface area (Å²) in [7, 11) is 0. The van der Waals surface area contributed by atoms with Crippen molar-refractivity contribution in [2.45, 2.75) is 6.42 Å². The summed E-state index contributed by atoms with van der Waals surface area (Å²) >= 11 is 11.3. The molecule has 1 aliphatic rings. The Balaban J connectivity index is 1.79. The van der Waals surface area contributed by atoms with Crippen molar-refractivity contribution in [1.82, 2.24) is 5.01 Å². The van der Waals surface area contributed by atoms with Crippen LogP contribution in [-0.4, -0.2) is 22.6 Å². The standard InChI is InChI=1S/C16H14ClN3OS/c17-12-6-8-13(9-7-12)18-16(22)19-11-10-15(21)20(19)14-4-2-1-3-5-14/h1-9H,10-11H2,(H,18,22). The summed E-state index contributed by atoms with van der Waals surface area (Å²) in [4.78, 5) is 12.2. The van der Waals surface area contributed by atoms with Crippen LogP contribution in [0, 0.1) is 0 Å². The Morgan fingerprint density at radius 2 is 1.77 bits per heavy atom. The molecule has 3 rings (SSSR count). The van der Waals surface area contributed by atoms with E-state index in [0.29, 0.717) is 23.1 Å². The first kappa shape index (κ1) is 14.8. The highest BCUT2D eigenvalue weighted by atomic mass is 35.5. The minimum Gasteiger partial charge on any atom is -0.331 e. The molecular formula is C16H14ClN3OS. The number of hydrogen-bond donors (Lipinski definition) is 1. The average Bonchev–Trinajstić information content (AvgIpc) is 2.92. The zero-order chi connectivity index (χ0) is 15.5. The molecule has 2 aromatic rings. The summed E-state index contributed by atoms with van der Waals surface area (Å²) in [6.07, 6.45) is 0.442. The second kappa shape index (κ2) is 6.34. The average molecular weight is 332 g/mol. The molecule has 0 bridgehead atoms. The number of amides is 1. The number of nitrogens with zero attached hydrogens (tertiary/aromatic N) is 2. The number of nitrogens with one attached hydrogen (secondary N) is 1. The van der Waals surface area contributed by atoms with Crippen molar-refractivity contribution in [2.75, 3.05) is 16.9 Å². The highest BCUT2D eigenvalue weighted by Gasteiger charge is 2.32. The zero-order valence-corrected chi connectivity index (χ0v) is 13.3. The predicted molar refractivity (Wildman–Crippen MR) is 92.9 cm³/mol. The molecule has 1 aliphatic heterocycles. The van der Waals surface area contributed by atoms with Gasteiger partial charge in [0.2, 0.25) is 5.91 Å². The maximum Gasteiger partial charge on any atom is 0.247 e. The third-order valence-electron chi connectivity index (χ3n) is 3.35. The Morgan fingerprint density at radius 3 is 2.45 bits per heavy atom. The quantitative estimate of drug-likeness (QED) is 0.851. The highest BCUT2D eigenvalue weighted by Crippen LogP contribution is 2.23. The topological polar surface area (TPSA) is 35.6 Å². The fraction of sp³-hybridized carbons (Fsp3) is 0.125. The van der Waals surface area contributed by atoms with Gasteiger partial charge in [0, 0.05) is 17.1 Å². The van der Waals surface area contributed by atoms with Crippen LogP contribution in [-0.2, 0) is 4.79 Å². The van der Waals surface area contributed by atoms with E-state index in [4.69, 9.17) is 23.8 Å². The molecule has 0 radical (unpaired) electrons. The molecular weight excluding hydrogens is 318 g/mol. The lowest BCUT2D eigenvalue weighted by atomic mass is 10.3. The van der Waals surface area contributed by atoms with Gasteiger partial charge in [0.1, 0.15) is 0 Å². The summed E-state index contributed by atoms with van der Waals surface area (Å²) in [5.74, 6) is 0.0338. The fourth-order valence-corrected chi connectivity index (χ4v) is 2.73. The van der Waals surface area contributed by atoms with E-state index in [-0.39, 0.29) is 5.91 Å². The van der Waals surface area contributed by atoms with Gasteiger partial charge in [-0.15, -0.1) is 0 Å². The van der Waals surface area contributed by atoms with E-state index in [2.05, 4.69) is 5.32 Å². The number of rotatable bonds is 2. The van der Waals surface area contributed by atoms with Gasteiger partial charge in [-0.25, -0.2) is 5.01 Å². The minimum atomic E-state index is 0.0338. The van der Waals surface area contributed by atoms with Crippen molar-refractivity contribution in [3.05, 3.63) is 59.6 Å². The van der Waals surface area contributed by atoms with Crippen molar-refractivity contribution in [1.29, 1.82) is 0 Å². The normalized spacial score (nSPS) is 14.3. The molecule has 1 fully saturated rings. The molecule has 4 nitrogen and oxygen atoms in total. The predicted octanol–water partition coefficient (Wildman–Crippen LogP) is 3.69. The van der Waals surface area contributed by atoms with Crippen LogP contribution in [0.15, 0.2) is 54.6 Å². The molecule has 2 aromatic carbocycles. The van der Waals surface area contributed by atoms with Gasteiger partial charge in [-0.1, -0.05) is 29.8 Å². The first-order valence-corrected chi connectivity index (χ1v) is 7.66. The molecule has 0 aromatic heterocycles. The van der Waals surface area contributed by atoms with Crippen LogP contribution in [0.5, 0.6) is 0 Å². The first-order chi connectivity index (χ1) is 10.6. The third kappa shape index (κ3) is 3.05. The maximum absolute atomic E-state index is 12.2. The van der Waals surface area contributed by atoms with E-state index in [0.717, 1.165) is 11.4 Å². The minimum absolute atomic E-state index is 0.0338. The van der Waals surface area contributed by atoms with Crippen molar-refractivity contribution >= 4 is 46.2 Å². The van der Waals surface area contributed by atoms with Crippen LogP contribution in [0.1, 0.15) is 6.42 Å². The lowest BCUT2D eigenvalue weighted by Crippen LogP contribution is -2.45. The zero-order valence-electron chi connectivity index (χ0n) is 11.7. The highest BCUT2D eigenvalue weighted by molar-refractivity contribution is 7.80.